The van der Waals surface area contributed by atoms with Crippen LogP contribution in [0.5, 0.6) is 5.75 Å². The molecule has 22 heavy (non-hydrogen) atoms. The summed E-state index contributed by atoms with van der Waals surface area (Å²) in [7, 11) is 0. The third-order valence-corrected chi connectivity index (χ3v) is 4.48. The lowest BCUT2D eigenvalue weighted by Crippen LogP contribution is -2.17. The summed E-state index contributed by atoms with van der Waals surface area (Å²) in [5.74, 6) is 0.784. The van der Waals surface area contributed by atoms with E-state index in [1.54, 1.807) is 12.1 Å². The maximum absolute atomic E-state index is 12.5. The van der Waals surface area contributed by atoms with Gasteiger partial charge in [0.1, 0.15) is 5.75 Å². The van der Waals surface area contributed by atoms with Crippen LogP contribution in [0.2, 0.25) is 0 Å². The summed E-state index contributed by atoms with van der Waals surface area (Å²) in [4.78, 5) is 12.5. The van der Waals surface area contributed by atoms with Gasteiger partial charge in [-0.3, -0.25) is 4.79 Å². The van der Waals surface area contributed by atoms with E-state index in [9.17, 15) is 4.79 Å². The van der Waals surface area contributed by atoms with E-state index >= 15 is 0 Å². The highest BCUT2D eigenvalue weighted by molar-refractivity contribution is 5.92. The molecule has 0 spiro atoms. The number of aromatic nitrogens is 1. The van der Waals surface area contributed by atoms with Gasteiger partial charge in [0.25, 0.3) is 0 Å². The Morgan fingerprint density at radius 1 is 1.27 bits per heavy atom. The van der Waals surface area contributed by atoms with Crippen LogP contribution in [0.1, 0.15) is 31.2 Å². The van der Waals surface area contributed by atoms with E-state index in [1.807, 2.05) is 19.9 Å². The Balaban J connectivity index is 2.21. The van der Waals surface area contributed by atoms with Gasteiger partial charge in [-0.15, -0.1) is 0 Å². The lowest BCUT2D eigenvalue weighted by molar-refractivity contribution is 0.0963. The van der Waals surface area contributed by atoms with Crippen LogP contribution in [0.25, 0.3) is 10.8 Å². The fourth-order valence-corrected chi connectivity index (χ4v) is 3.42. The quantitative estimate of drug-likeness (QED) is 0.870. The van der Waals surface area contributed by atoms with Crippen LogP contribution in [0.3, 0.4) is 0 Å². The molecule has 2 aromatic rings. The highest BCUT2D eigenvalue weighted by Gasteiger charge is 2.21. The van der Waals surface area contributed by atoms with Gasteiger partial charge in [0.2, 0.25) is 0 Å². The Morgan fingerprint density at radius 2 is 2.05 bits per heavy atom. The minimum absolute atomic E-state index is 0.0487. The van der Waals surface area contributed by atoms with Crippen molar-refractivity contribution in [3.8, 4) is 5.75 Å². The predicted molar refractivity (Wildman–Crippen MR) is 87.8 cm³/mol. The molecule has 0 radical (unpaired) electrons. The molecule has 0 amide bonds. The van der Waals surface area contributed by atoms with E-state index in [4.69, 9.17) is 9.47 Å². The largest absolute Gasteiger partial charge is 0.493 e. The first-order valence-electron chi connectivity index (χ1n) is 8.00. The Kier molecular flexibility index (Phi) is 4.21. The summed E-state index contributed by atoms with van der Waals surface area (Å²) in [6, 6.07) is 5.28. The molecule has 2 heterocycles. The van der Waals surface area contributed by atoms with Crippen LogP contribution >= 0.6 is 0 Å². The molecule has 0 N–H and O–H groups in total. The van der Waals surface area contributed by atoms with Crippen LogP contribution in [0.4, 0.5) is 0 Å². The predicted octanol–water partition coefficient (Wildman–Crippen LogP) is 3.20. The Hall–Kier alpha value is -1.81. The smallest absolute Gasteiger partial charge is 0.188 e. The molecule has 1 aromatic heterocycles. The molecular weight excluding hydrogens is 278 g/mol. The molecule has 4 heteroatoms. The highest BCUT2D eigenvalue weighted by atomic mass is 16.5. The SMILES string of the molecule is CCOc1cccc(=O)c2c(C)n(C[C@@H]3CCCO3)c(C)c12. The number of aryl methyl sites for hydroxylation is 2. The first-order chi connectivity index (χ1) is 10.6. The summed E-state index contributed by atoms with van der Waals surface area (Å²) in [5, 5.41) is 1.70. The van der Waals surface area contributed by atoms with Crippen LogP contribution in [0, 0.1) is 13.8 Å². The van der Waals surface area contributed by atoms with Crippen molar-refractivity contribution in [3.63, 3.8) is 0 Å². The molecule has 1 saturated heterocycles. The molecule has 118 valence electrons. The monoisotopic (exact) mass is 301 g/mol. The highest BCUT2D eigenvalue weighted by Crippen LogP contribution is 2.31. The molecule has 0 unspecified atom stereocenters. The number of hydrogen-bond donors (Lipinski definition) is 0. The van der Waals surface area contributed by atoms with E-state index in [1.165, 1.54) is 0 Å². The van der Waals surface area contributed by atoms with E-state index < -0.39 is 0 Å². The van der Waals surface area contributed by atoms with Crippen molar-refractivity contribution >= 4 is 10.8 Å². The molecule has 0 bridgehead atoms. The summed E-state index contributed by atoms with van der Waals surface area (Å²) >= 11 is 0. The van der Waals surface area contributed by atoms with Crippen molar-refractivity contribution in [1.82, 2.24) is 4.57 Å². The zero-order valence-corrected chi connectivity index (χ0v) is 13.5. The van der Waals surface area contributed by atoms with Gasteiger partial charge in [0, 0.05) is 29.9 Å². The fraction of sp³-hybridized carbons (Fsp3) is 0.500. The molecular formula is C18H23NO3. The van der Waals surface area contributed by atoms with Crippen LogP contribution < -0.4 is 10.2 Å². The molecule has 4 nitrogen and oxygen atoms in total. The lowest BCUT2D eigenvalue weighted by Gasteiger charge is -2.14. The maximum Gasteiger partial charge on any atom is 0.188 e. The van der Waals surface area contributed by atoms with E-state index in [0.29, 0.717) is 6.61 Å². The average Bonchev–Trinajstić information content (AvgIpc) is 3.04. The second-order valence-corrected chi connectivity index (χ2v) is 5.85. The van der Waals surface area contributed by atoms with Gasteiger partial charge in [0.15, 0.2) is 5.43 Å². The normalized spacial score (nSPS) is 18.0. The number of ether oxygens (including phenoxy) is 2. The van der Waals surface area contributed by atoms with E-state index in [-0.39, 0.29) is 11.5 Å². The zero-order valence-electron chi connectivity index (χ0n) is 13.5. The first-order valence-corrected chi connectivity index (χ1v) is 8.00. The topological polar surface area (TPSA) is 40.5 Å². The van der Waals surface area contributed by atoms with Gasteiger partial charge < -0.3 is 14.0 Å². The molecule has 0 aliphatic carbocycles. The van der Waals surface area contributed by atoms with Crippen molar-refractivity contribution in [2.24, 2.45) is 0 Å². The van der Waals surface area contributed by atoms with E-state index in [2.05, 4.69) is 11.5 Å². The molecule has 1 fully saturated rings. The second kappa shape index (κ2) is 6.13. The van der Waals surface area contributed by atoms with Gasteiger partial charge in [-0.05, 0) is 45.7 Å². The standard InChI is InChI=1S/C18H23NO3/c1-4-21-16-9-5-8-15(20)17-12(2)19(13(3)18(16)17)11-14-7-6-10-22-14/h5,8-9,14H,4,6-7,10-11H2,1-3H3/t14-/m0/s1. The molecule has 1 aliphatic heterocycles. The van der Waals surface area contributed by atoms with Crippen molar-refractivity contribution < 1.29 is 9.47 Å². The van der Waals surface area contributed by atoms with Crippen molar-refractivity contribution in [2.75, 3.05) is 13.2 Å². The second-order valence-electron chi connectivity index (χ2n) is 5.85. The fourth-order valence-electron chi connectivity index (χ4n) is 3.42. The maximum atomic E-state index is 12.5. The van der Waals surface area contributed by atoms with Gasteiger partial charge in [0.05, 0.1) is 18.1 Å². The zero-order chi connectivity index (χ0) is 15.7. The molecule has 1 atom stereocenters. The summed E-state index contributed by atoms with van der Waals surface area (Å²) in [6.07, 6.45) is 2.46. The Bertz CT molecular complexity index is 742. The summed E-state index contributed by atoms with van der Waals surface area (Å²) in [6.45, 7) is 8.27. The molecule has 1 aliphatic rings. The minimum atomic E-state index is 0.0487. The third kappa shape index (κ3) is 2.52. The van der Waals surface area contributed by atoms with Crippen LogP contribution in [-0.4, -0.2) is 23.9 Å². The molecule has 0 saturated carbocycles. The minimum Gasteiger partial charge on any atom is -0.493 e. The average molecular weight is 301 g/mol. The summed E-state index contributed by atoms with van der Waals surface area (Å²) < 4.78 is 13.7. The number of rotatable bonds is 4. The van der Waals surface area contributed by atoms with Gasteiger partial charge in [-0.2, -0.15) is 0 Å². The van der Waals surface area contributed by atoms with Gasteiger partial charge >= 0.3 is 0 Å². The van der Waals surface area contributed by atoms with Crippen molar-refractivity contribution in [1.29, 1.82) is 0 Å². The molecule has 3 rings (SSSR count). The number of hydrogen-bond acceptors (Lipinski definition) is 3. The third-order valence-electron chi connectivity index (χ3n) is 4.48. The van der Waals surface area contributed by atoms with Gasteiger partial charge in [-0.1, -0.05) is 6.07 Å². The van der Waals surface area contributed by atoms with Crippen molar-refractivity contribution in [2.45, 2.75) is 46.3 Å². The summed E-state index contributed by atoms with van der Waals surface area (Å²) in [5.41, 5.74) is 2.14. The van der Waals surface area contributed by atoms with E-state index in [0.717, 1.165) is 53.9 Å². The number of nitrogens with zero attached hydrogens (tertiary/aromatic N) is 1. The lowest BCUT2D eigenvalue weighted by atomic mass is 10.2. The molecule has 1 aromatic carbocycles. The first kappa shape index (κ1) is 15.1. The van der Waals surface area contributed by atoms with Crippen LogP contribution in [0.15, 0.2) is 23.0 Å². The Labute approximate surface area is 130 Å². The van der Waals surface area contributed by atoms with Crippen molar-refractivity contribution in [3.05, 3.63) is 39.8 Å². The van der Waals surface area contributed by atoms with Crippen LogP contribution in [-0.2, 0) is 11.3 Å². The Morgan fingerprint density at radius 3 is 2.73 bits per heavy atom. The number of fused-ring (bicyclic) bond motifs is 1. The van der Waals surface area contributed by atoms with Gasteiger partial charge in [-0.25, -0.2) is 0 Å².